The highest BCUT2D eigenvalue weighted by molar-refractivity contribution is 5.12. The summed E-state index contributed by atoms with van der Waals surface area (Å²) in [6, 6.07) is 0. The lowest BCUT2D eigenvalue weighted by molar-refractivity contribution is -0.196. The summed E-state index contributed by atoms with van der Waals surface area (Å²) < 4.78 is 17.9. The molecule has 0 amide bonds. The third-order valence-corrected chi connectivity index (χ3v) is 5.42. The lowest BCUT2D eigenvalue weighted by Crippen LogP contribution is -2.51. The van der Waals surface area contributed by atoms with Crippen LogP contribution in [-0.4, -0.2) is 24.6 Å². The van der Waals surface area contributed by atoms with E-state index in [1.54, 1.807) is 0 Å². The highest BCUT2D eigenvalue weighted by Crippen LogP contribution is 2.60. The Balaban J connectivity index is 2.24. The van der Waals surface area contributed by atoms with Gasteiger partial charge in [0, 0.05) is 5.41 Å². The monoisotopic (exact) mass is 296 g/mol. The second-order valence-corrected chi connectivity index (χ2v) is 7.66. The number of hydrogen-bond acceptors (Lipinski definition) is 3. The summed E-state index contributed by atoms with van der Waals surface area (Å²) in [5, 5.41) is 0. The molecule has 3 nitrogen and oxygen atoms in total. The minimum atomic E-state index is -0.470. The Bertz CT molecular complexity index is 388. The van der Waals surface area contributed by atoms with Crippen molar-refractivity contribution in [2.45, 2.75) is 72.2 Å². The van der Waals surface area contributed by atoms with Crippen LogP contribution >= 0.6 is 0 Å². The van der Waals surface area contributed by atoms with Gasteiger partial charge in [0.25, 0.3) is 0 Å². The van der Waals surface area contributed by atoms with E-state index in [-0.39, 0.29) is 11.0 Å². The van der Waals surface area contributed by atoms with E-state index in [2.05, 4.69) is 26.8 Å². The first-order valence-electron chi connectivity index (χ1n) is 8.37. The zero-order valence-electron chi connectivity index (χ0n) is 14.6. The van der Waals surface area contributed by atoms with Crippen LogP contribution < -0.4 is 0 Å². The van der Waals surface area contributed by atoms with Crippen LogP contribution in [0.1, 0.15) is 60.8 Å². The van der Waals surface area contributed by atoms with Crippen molar-refractivity contribution in [2.24, 2.45) is 17.3 Å². The summed E-state index contributed by atoms with van der Waals surface area (Å²) in [6.07, 6.45) is 7.38. The molecule has 1 saturated heterocycles. The van der Waals surface area contributed by atoms with Gasteiger partial charge in [-0.2, -0.15) is 0 Å². The lowest BCUT2D eigenvalue weighted by Gasteiger charge is -2.44. The van der Waals surface area contributed by atoms with Crippen molar-refractivity contribution in [3.63, 3.8) is 0 Å². The minimum absolute atomic E-state index is 0.114. The Labute approximate surface area is 130 Å². The molecule has 0 aromatic carbocycles. The molecule has 0 N–H and O–H groups in total. The molecule has 3 heteroatoms. The molecule has 0 bridgehead atoms. The van der Waals surface area contributed by atoms with Crippen molar-refractivity contribution >= 4 is 0 Å². The lowest BCUT2D eigenvalue weighted by atomic mass is 9.68. The molecule has 1 heterocycles. The second-order valence-electron chi connectivity index (χ2n) is 7.66. The van der Waals surface area contributed by atoms with Crippen LogP contribution in [-0.2, 0) is 14.2 Å². The van der Waals surface area contributed by atoms with Gasteiger partial charge in [-0.15, -0.1) is 0 Å². The largest absolute Gasteiger partial charge is 0.502 e. The smallest absolute Gasteiger partial charge is 0.163 e. The standard InChI is InChI=1S/C18H32O3/c1-7-19-12-8-10-17(6)11-9-15(14(2)3)18(17)13-20-16(4,5)21-18/h8,12,14-15H,7,9-11,13H2,1-6H3/b12-8+/t15-,17+,18-/m0/s1. The van der Waals surface area contributed by atoms with Gasteiger partial charge < -0.3 is 14.2 Å². The summed E-state index contributed by atoms with van der Waals surface area (Å²) in [7, 11) is 0. The predicted octanol–water partition coefficient (Wildman–Crippen LogP) is 4.52. The summed E-state index contributed by atoms with van der Waals surface area (Å²) in [5.74, 6) is 0.701. The van der Waals surface area contributed by atoms with Crippen LogP contribution in [0.5, 0.6) is 0 Å². The summed E-state index contributed by atoms with van der Waals surface area (Å²) in [4.78, 5) is 0. The zero-order valence-corrected chi connectivity index (χ0v) is 14.6. The van der Waals surface area contributed by atoms with Crippen molar-refractivity contribution in [2.75, 3.05) is 13.2 Å². The second kappa shape index (κ2) is 5.92. The molecule has 0 aromatic rings. The molecule has 0 unspecified atom stereocenters. The predicted molar refractivity (Wildman–Crippen MR) is 84.9 cm³/mol. The van der Waals surface area contributed by atoms with Gasteiger partial charge in [-0.05, 0) is 57.9 Å². The van der Waals surface area contributed by atoms with Crippen LogP contribution in [0.2, 0.25) is 0 Å². The Morgan fingerprint density at radius 1 is 1.29 bits per heavy atom. The Kier molecular flexibility index (Phi) is 4.75. The molecule has 2 fully saturated rings. The van der Waals surface area contributed by atoms with Crippen molar-refractivity contribution in [3.05, 3.63) is 12.3 Å². The average molecular weight is 296 g/mol. The molecule has 1 aliphatic heterocycles. The van der Waals surface area contributed by atoms with E-state index in [0.717, 1.165) is 13.0 Å². The molecule has 1 spiro atoms. The molecule has 3 atom stereocenters. The first-order chi connectivity index (χ1) is 9.76. The SMILES string of the molecule is CCO/C=C/C[C@]1(C)CC[C@@H](C(C)C)[C@@]12COC(C)(C)O2. The average Bonchev–Trinajstić information content (AvgIpc) is 2.85. The maximum atomic E-state index is 6.55. The van der Waals surface area contributed by atoms with Crippen LogP contribution in [0.3, 0.4) is 0 Å². The van der Waals surface area contributed by atoms with Gasteiger partial charge in [0.15, 0.2) is 5.79 Å². The third-order valence-electron chi connectivity index (χ3n) is 5.42. The first-order valence-corrected chi connectivity index (χ1v) is 8.37. The van der Waals surface area contributed by atoms with Crippen LogP contribution in [0.4, 0.5) is 0 Å². The summed E-state index contributed by atoms with van der Waals surface area (Å²) in [5.41, 5.74) is -0.0511. The Hall–Kier alpha value is -0.540. The Morgan fingerprint density at radius 3 is 2.52 bits per heavy atom. The number of allylic oxidation sites excluding steroid dienone is 1. The van der Waals surface area contributed by atoms with Gasteiger partial charge >= 0.3 is 0 Å². The highest BCUT2D eigenvalue weighted by atomic mass is 16.8. The first kappa shape index (κ1) is 16.8. The van der Waals surface area contributed by atoms with Gasteiger partial charge in [0.2, 0.25) is 0 Å². The van der Waals surface area contributed by atoms with Gasteiger partial charge in [-0.3, -0.25) is 0 Å². The molecular weight excluding hydrogens is 264 g/mol. The van der Waals surface area contributed by atoms with Gasteiger partial charge in [0.05, 0.1) is 19.5 Å². The van der Waals surface area contributed by atoms with E-state index in [1.165, 1.54) is 12.8 Å². The molecule has 0 aromatic heterocycles. The topological polar surface area (TPSA) is 27.7 Å². The molecule has 1 aliphatic carbocycles. The zero-order chi connectivity index (χ0) is 15.7. The molecule has 2 rings (SSSR count). The molecule has 122 valence electrons. The van der Waals surface area contributed by atoms with Gasteiger partial charge in [-0.25, -0.2) is 0 Å². The van der Waals surface area contributed by atoms with Crippen molar-refractivity contribution < 1.29 is 14.2 Å². The van der Waals surface area contributed by atoms with Crippen molar-refractivity contribution in [3.8, 4) is 0 Å². The number of rotatable bonds is 5. The van der Waals surface area contributed by atoms with Crippen molar-refractivity contribution in [1.29, 1.82) is 0 Å². The minimum Gasteiger partial charge on any atom is -0.502 e. The van der Waals surface area contributed by atoms with E-state index < -0.39 is 5.79 Å². The third kappa shape index (κ3) is 3.00. The van der Waals surface area contributed by atoms with E-state index in [4.69, 9.17) is 14.2 Å². The normalized spacial score (nSPS) is 38.9. The van der Waals surface area contributed by atoms with Crippen LogP contribution in [0.15, 0.2) is 12.3 Å². The van der Waals surface area contributed by atoms with Crippen LogP contribution in [0.25, 0.3) is 0 Å². The maximum Gasteiger partial charge on any atom is 0.163 e. The number of hydrogen-bond donors (Lipinski definition) is 0. The quantitative estimate of drug-likeness (QED) is 0.698. The highest BCUT2D eigenvalue weighted by Gasteiger charge is 2.63. The molecular formula is C18H32O3. The van der Waals surface area contributed by atoms with Crippen LogP contribution in [0, 0.1) is 17.3 Å². The maximum absolute atomic E-state index is 6.55. The van der Waals surface area contributed by atoms with E-state index >= 15 is 0 Å². The molecule has 0 radical (unpaired) electrons. The summed E-state index contributed by atoms with van der Waals surface area (Å²) in [6.45, 7) is 14.5. The van der Waals surface area contributed by atoms with Gasteiger partial charge in [-0.1, -0.05) is 20.8 Å². The van der Waals surface area contributed by atoms with Gasteiger partial charge in [0.1, 0.15) is 5.60 Å². The molecule has 1 saturated carbocycles. The fraction of sp³-hybridized carbons (Fsp3) is 0.889. The van der Waals surface area contributed by atoms with E-state index in [9.17, 15) is 0 Å². The Morgan fingerprint density at radius 2 is 2.00 bits per heavy atom. The fourth-order valence-corrected chi connectivity index (χ4v) is 4.24. The fourth-order valence-electron chi connectivity index (χ4n) is 4.24. The van der Waals surface area contributed by atoms with E-state index in [0.29, 0.717) is 18.4 Å². The van der Waals surface area contributed by atoms with Crippen molar-refractivity contribution in [1.82, 2.24) is 0 Å². The van der Waals surface area contributed by atoms with E-state index in [1.807, 2.05) is 27.0 Å². The molecule has 21 heavy (non-hydrogen) atoms. The summed E-state index contributed by atoms with van der Waals surface area (Å²) >= 11 is 0. The number of ether oxygens (including phenoxy) is 3. The molecule has 2 aliphatic rings.